The molecule has 0 saturated carbocycles. The molecule has 0 aliphatic carbocycles. The van der Waals surface area contributed by atoms with Gasteiger partial charge in [0.25, 0.3) is 0 Å². The number of benzene rings is 1. The van der Waals surface area contributed by atoms with Crippen molar-refractivity contribution in [1.29, 1.82) is 0 Å². The van der Waals surface area contributed by atoms with Gasteiger partial charge in [0.1, 0.15) is 0 Å². The number of nitrogens with two attached hydrogens (primary N) is 1. The van der Waals surface area contributed by atoms with Gasteiger partial charge in [-0.15, -0.1) is 0 Å². The number of nitrogens with one attached hydrogen (secondary N) is 1. The van der Waals surface area contributed by atoms with Crippen molar-refractivity contribution in [2.24, 2.45) is 5.92 Å². The Balaban J connectivity index is 2.42. The molecule has 1 rings (SSSR count). The van der Waals surface area contributed by atoms with Crippen LogP contribution in [-0.2, 0) is 9.47 Å². The molecule has 0 aromatic heterocycles. The topological polar surface area (TPSA) is 73.6 Å². The predicted octanol–water partition coefficient (Wildman–Crippen LogP) is 2.92. The van der Waals surface area contributed by atoms with Crippen molar-refractivity contribution >= 4 is 17.3 Å². The number of nitrogen functional groups attached to an aromatic ring is 1. The monoisotopic (exact) mass is 294 g/mol. The Hall–Kier alpha value is -1.75. The van der Waals surface area contributed by atoms with Gasteiger partial charge in [-0.3, -0.25) is 0 Å². The molecule has 3 N–H and O–H groups in total. The molecule has 0 spiro atoms. The van der Waals surface area contributed by atoms with Gasteiger partial charge < -0.3 is 20.5 Å². The van der Waals surface area contributed by atoms with Gasteiger partial charge in [0, 0.05) is 24.5 Å². The number of rotatable bonds is 9. The lowest BCUT2D eigenvalue weighted by molar-refractivity contribution is 0.0527. The van der Waals surface area contributed by atoms with Gasteiger partial charge in [0.2, 0.25) is 0 Å². The van der Waals surface area contributed by atoms with Crippen LogP contribution in [0.3, 0.4) is 0 Å². The van der Waals surface area contributed by atoms with E-state index in [0.717, 1.165) is 18.7 Å². The summed E-state index contributed by atoms with van der Waals surface area (Å²) in [6.07, 6.45) is 1.06. The summed E-state index contributed by atoms with van der Waals surface area (Å²) in [6, 6.07) is 5.25. The van der Waals surface area contributed by atoms with Crippen LogP contribution in [-0.4, -0.2) is 32.3 Å². The molecule has 1 aromatic rings. The lowest BCUT2D eigenvalue weighted by Gasteiger charge is -2.11. The third kappa shape index (κ3) is 6.49. The highest BCUT2D eigenvalue weighted by Gasteiger charge is 2.11. The van der Waals surface area contributed by atoms with E-state index in [2.05, 4.69) is 19.2 Å². The summed E-state index contributed by atoms with van der Waals surface area (Å²) in [5.41, 5.74) is 7.44. The molecule has 118 valence electrons. The summed E-state index contributed by atoms with van der Waals surface area (Å²) in [6.45, 7) is 8.54. The van der Waals surface area contributed by atoms with Crippen molar-refractivity contribution in [2.75, 3.05) is 37.4 Å². The molecule has 0 unspecified atom stereocenters. The fourth-order valence-corrected chi connectivity index (χ4v) is 1.74. The van der Waals surface area contributed by atoms with Crippen LogP contribution in [0.1, 0.15) is 37.6 Å². The van der Waals surface area contributed by atoms with E-state index >= 15 is 0 Å². The lowest BCUT2D eigenvalue weighted by Crippen LogP contribution is -2.12. The van der Waals surface area contributed by atoms with Crippen LogP contribution in [0.4, 0.5) is 11.4 Å². The molecule has 0 radical (unpaired) electrons. The molecule has 5 nitrogen and oxygen atoms in total. The minimum Gasteiger partial charge on any atom is -0.462 e. The number of esters is 1. The van der Waals surface area contributed by atoms with Gasteiger partial charge in [-0.1, -0.05) is 13.8 Å². The number of hydrogen-bond acceptors (Lipinski definition) is 5. The van der Waals surface area contributed by atoms with Gasteiger partial charge in [0.05, 0.1) is 18.8 Å². The molecule has 0 amide bonds. The van der Waals surface area contributed by atoms with Crippen LogP contribution in [0.2, 0.25) is 0 Å². The predicted molar refractivity (Wildman–Crippen MR) is 85.6 cm³/mol. The number of carbonyl (C=O) groups is 1. The highest BCUT2D eigenvalue weighted by molar-refractivity contribution is 5.96. The van der Waals surface area contributed by atoms with Gasteiger partial charge in [-0.2, -0.15) is 0 Å². The molecule has 0 aliphatic heterocycles. The van der Waals surface area contributed by atoms with Crippen LogP contribution >= 0.6 is 0 Å². The van der Waals surface area contributed by atoms with Crippen molar-refractivity contribution in [3.8, 4) is 0 Å². The van der Waals surface area contributed by atoms with E-state index in [9.17, 15) is 4.79 Å². The summed E-state index contributed by atoms with van der Waals surface area (Å²) in [7, 11) is 0. The molecule has 0 fully saturated rings. The standard InChI is InChI=1S/C16H26N2O3/c1-4-21-16(19)14-11-13(5-6-15(14)17)18-8-10-20-9-7-12(2)3/h5-6,11-12,18H,4,7-10,17H2,1-3H3. The zero-order chi connectivity index (χ0) is 15.7. The molecular formula is C16H26N2O3. The number of hydrogen-bond donors (Lipinski definition) is 2. The normalized spacial score (nSPS) is 10.7. The Bertz CT molecular complexity index is 447. The average Bonchev–Trinajstić information content (AvgIpc) is 2.44. The van der Waals surface area contributed by atoms with Crippen LogP contribution in [0.5, 0.6) is 0 Å². The quantitative estimate of drug-likeness (QED) is 0.416. The van der Waals surface area contributed by atoms with Crippen molar-refractivity contribution in [3.05, 3.63) is 23.8 Å². The highest BCUT2D eigenvalue weighted by Crippen LogP contribution is 2.18. The Kier molecular flexibility index (Phi) is 7.61. The average molecular weight is 294 g/mol. The summed E-state index contributed by atoms with van der Waals surface area (Å²) < 4.78 is 10.5. The SMILES string of the molecule is CCOC(=O)c1cc(NCCOCCC(C)C)ccc1N. The molecule has 0 aliphatic rings. The van der Waals surface area contributed by atoms with Crippen LogP contribution in [0, 0.1) is 5.92 Å². The Labute approximate surface area is 126 Å². The van der Waals surface area contributed by atoms with Crippen molar-refractivity contribution < 1.29 is 14.3 Å². The summed E-state index contributed by atoms with van der Waals surface area (Å²) in [4.78, 5) is 11.7. The minimum atomic E-state index is -0.396. The molecule has 0 atom stereocenters. The second kappa shape index (κ2) is 9.23. The summed E-state index contributed by atoms with van der Waals surface area (Å²) in [5, 5.41) is 3.21. The maximum absolute atomic E-state index is 11.7. The number of anilines is 2. The second-order valence-corrected chi connectivity index (χ2v) is 5.24. The molecule has 5 heteroatoms. The first-order chi connectivity index (χ1) is 10.0. The van der Waals surface area contributed by atoms with E-state index in [1.54, 1.807) is 19.1 Å². The van der Waals surface area contributed by atoms with Crippen LogP contribution in [0.15, 0.2) is 18.2 Å². The Morgan fingerprint density at radius 3 is 2.76 bits per heavy atom. The van der Waals surface area contributed by atoms with Crippen molar-refractivity contribution in [2.45, 2.75) is 27.2 Å². The molecule has 1 aromatic carbocycles. The fraction of sp³-hybridized carbons (Fsp3) is 0.562. The molecular weight excluding hydrogens is 268 g/mol. The molecule has 21 heavy (non-hydrogen) atoms. The minimum absolute atomic E-state index is 0.333. The van der Waals surface area contributed by atoms with Gasteiger partial charge in [-0.05, 0) is 37.5 Å². The first-order valence-corrected chi connectivity index (χ1v) is 7.42. The summed E-state index contributed by atoms with van der Waals surface area (Å²) in [5.74, 6) is 0.258. The smallest absolute Gasteiger partial charge is 0.340 e. The van der Waals surface area contributed by atoms with Crippen molar-refractivity contribution in [3.63, 3.8) is 0 Å². The zero-order valence-corrected chi connectivity index (χ0v) is 13.1. The maximum Gasteiger partial charge on any atom is 0.340 e. The summed E-state index contributed by atoms with van der Waals surface area (Å²) >= 11 is 0. The highest BCUT2D eigenvalue weighted by atomic mass is 16.5. The maximum atomic E-state index is 11.7. The van der Waals surface area contributed by atoms with E-state index in [1.807, 2.05) is 6.07 Å². The number of ether oxygens (including phenoxy) is 2. The Morgan fingerprint density at radius 1 is 1.33 bits per heavy atom. The molecule has 0 saturated heterocycles. The van der Waals surface area contributed by atoms with E-state index in [4.69, 9.17) is 15.2 Å². The van der Waals surface area contributed by atoms with E-state index < -0.39 is 5.97 Å². The zero-order valence-electron chi connectivity index (χ0n) is 13.1. The van der Waals surface area contributed by atoms with E-state index in [1.165, 1.54) is 0 Å². The third-order valence-electron chi connectivity index (χ3n) is 2.96. The van der Waals surface area contributed by atoms with Crippen molar-refractivity contribution in [1.82, 2.24) is 0 Å². The second-order valence-electron chi connectivity index (χ2n) is 5.24. The molecule has 0 bridgehead atoms. The van der Waals surface area contributed by atoms with Gasteiger partial charge >= 0.3 is 5.97 Å². The first kappa shape index (κ1) is 17.3. The van der Waals surface area contributed by atoms with E-state index in [-0.39, 0.29) is 0 Å². The van der Waals surface area contributed by atoms with Gasteiger partial charge in [0.15, 0.2) is 0 Å². The lowest BCUT2D eigenvalue weighted by atomic mass is 10.1. The fourth-order valence-electron chi connectivity index (χ4n) is 1.74. The van der Waals surface area contributed by atoms with Crippen LogP contribution in [0.25, 0.3) is 0 Å². The van der Waals surface area contributed by atoms with Crippen LogP contribution < -0.4 is 11.1 Å². The third-order valence-corrected chi connectivity index (χ3v) is 2.96. The van der Waals surface area contributed by atoms with E-state index in [0.29, 0.717) is 36.9 Å². The number of carbonyl (C=O) groups excluding carboxylic acids is 1. The van der Waals surface area contributed by atoms with Gasteiger partial charge in [-0.25, -0.2) is 4.79 Å². The Morgan fingerprint density at radius 2 is 2.10 bits per heavy atom. The largest absolute Gasteiger partial charge is 0.462 e. The first-order valence-electron chi connectivity index (χ1n) is 7.42. The molecule has 0 heterocycles.